The highest BCUT2D eigenvalue weighted by atomic mass is 19.4. The summed E-state index contributed by atoms with van der Waals surface area (Å²) in [7, 11) is 0. The summed E-state index contributed by atoms with van der Waals surface area (Å²) in [6.07, 6.45) is 0.506. The Labute approximate surface area is 143 Å². The molecule has 1 aliphatic heterocycles. The molecule has 0 bridgehead atoms. The summed E-state index contributed by atoms with van der Waals surface area (Å²) >= 11 is 0. The highest BCUT2D eigenvalue weighted by Gasteiger charge is 2.37. The Morgan fingerprint density at radius 1 is 1.40 bits per heavy atom. The second kappa shape index (κ2) is 7.79. The molecule has 1 aromatic rings. The SMILES string of the molecule is C=C(Oc1ccc(C(F)(F)F)nc1)/C(=N\C=C/C)C1(O)CCNCC1. The highest BCUT2D eigenvalue weighted by molar-refractivity contribution is 6.05. The fraction of sp³-hybridized carbons (Fsp3) is 0.412. The lowest BCUT2D eigenvalue weighted by atomic mass is 9.86. The number of hydrogen-bond donors (Lipinski definition) is 2. The van der Waals surface area contributed by atoms with Crippen LogP contribution < -0.4 is 10.1 Å². The minimum Gasteiger partial charge on any atom is -0.454 e. The van der Waals surface area contributed by atoms with E-state index in [1.165, 1.54) is 6.20 Å². The van der Waals surface area contributed by atoms with Crippen molar-refractivity contribution in [2.75, 3.05) is 13.1 Å². The number of alkyl halides is 3. The topological polar surface area (TPSA) is 66.7 Å². The Morgan fingerprint density at radius 3 is 2.60 bits per heavy atom. The zero-order chi connectivity index (χ0) is 18.5. The lowest BCUT2D eigenvalue weighted by Gasteiger charge is -2.34. The lowest BCUT2D eigenvalue weighted by molar-refractivity contribution is -0.141. The minimum atomic E-state index is -4.52. The number of ether oxygens (including phenoxy) is 1. The van der Waals surface area contributed by atoms with Crippen molar-refractivity contribution in [1.29, 1.82) is 0 Å². The molecule has 0 atom stereocenters. The predicted molar refractivity (Wildman–Crippen MR) is 88.3 cm³/mol. The average molecular weight is 355 g/mol. The maximum atomic E-state index is 12.6. The van der Waals surface area contributed by atoms with Crippen LogP contribution in [0.5, 0.6) is 5.75 Å². The molecule has 2 heterocycles. The first-order valence-electron chi connectivity index (χ1n) is 7.79. The van der Waals surface area contributed by atoms with Crippen molar-refractivity contribution in [3.63, 3.8) is 0 Å². The van der Waals surface area contributed by atoms with Gasteiger partial charge in [0.15, 0.2) is 0 Å². The van der Waals surface area contributed by atoms with Crippen molar-refractivity contribution in [2.45, 2.75) is 31.5 Å². The van der Waals surface area contributed by atoms with Gasteiger partial charge >= 0.3 is 6.18 Å². The maximum Gasteiger partial charge on any atom is 0.433 e. The molecule has 0 aromatic carbocycles. The number of hydrogen-bond acceptors (Lipinski definition) is 5. The second-order valence-electron chi connectivity index (χ2n) is 5.64. The van der Waals surface area contributed by atoms with Crippen molar-refractivity contribution in [1.82, 2.24) is 10.3 Å². The number of piperidine rings is 1. The Kier molecular flexibility index (Phi) is 5.97. The summed E-state index contributed by atoms with van der Waals surface area (Å²) in [5, 5.41) is 14.0. The molecular weight excluding hydrogens is 335 g/mol. The van der Waals surface area contributed by atoms with Gasteiger partial charge in [-0.3, -0.25) is 4.99 Å². The van der Waals surface area contributed by atoms with Gasteiger partial charge in [-0.2, -0.15) is 13.2 Å². The van der Waals surface area contributed by atoms with Crippen LogP contribution in [-0.2, 0) is 6.18 Å². The monoisotopic (exact) mass is 355 g/mol. The predicted octanol–water partition coefficient (Wildman–Crippen LogP) is 3.08. The molecular formula is C17H20F3N3O2. The molecule has 0 spiro atoms. The average Bonchev–Trinajstić information content (AvgIpc) is 2.55. The quantitative estimate of drug-likeness (QED) is 0.629. The van der Waals surface area contributed by atoms with E-state index >= 15 is 0 Å². The van der Waals surface area contributed by atoms with Crippen LogP contribution in [-0.4, -0.2) is 34.5 Å². The number of aliphatic hydroxyl groups is 1. The summed E-state index contributed by atoms with van der Waals surface area (Å²) in [5.74, 6) is 0.160. The van der Waals surface area contributed by atoms with E-state index in [1.807, 2.05) is 0 Å². The van der Waals surface area contributed by atoms with E-state index < -0.39 is 17.5 Å². The molecule has 0 amide bonds. The number of nitrogens with zero attached hydrogens (tertiary/aromatic N) is 2. The Morgan fingerprint density at radius 2 is 2.08 bits per heavy atom. The molecule has 25 heavy (non-hydrogen) atoms. The molecule has 1 aromatic heterocycles. The van der Waals surface area contributed by atoms with Gasteiger partial charge in [-0.25, -0.2) is 4.98 Å². The Bertz CT molecular complexity index is 661. The van der Waals surface area contributed by atoms with E-state index in [0.717, 1.165) is 18.3 Å². The third-order valence-corrected chi connectivity index (χ3v) is 3.76. The largest absolute Gasteiger partial charge is 0.454 e. The van der Waals surface area contributed by atoms with Gasteiger partial charge in [0.25, 0.3) is 0 Å². The fourth-order valence-electron chi connectivity index (χ4n) is 2.48. The van der Waals surface area contributed by atoms with Crippen molar-refractivity contribution < 1.29 is 23.0 Å². The molecule has 0 radical (unpaired) electrons. The standard InChI is InChI=1S/C17H20F3N3O2/c1-3-8-22-15(16(24)6-9-21-10-7-16)12(2)25-13-4-5-14(23-11-13)17(18,19)20/h3-5,8,11,21,24H,2,6-7,9-10H2,1H3/b8-3-,22-15+. The summed E-state index contributed by atoms with van der Waals surface area (Å²) < 4.78 is 43.2. The van der Waals surface area contributed by atoms with Gasteiger partial charge in [0.2, 0.25) is 0 Å². The van der Waals surface area contributed by atoms with E-state index in [2.05, 4.69) is 21.9 Å². The van der Waals surface area contributed by atoms with Gasteiger partial charge in [-0.15, -0.1) is 0 Å². The van der Waals surface area contributed by atoms with Gasteiger partial charge in [-0.1, -0.05) is 12.7 Å². The lowest BCUT2D eigenvalue weighted by Crippen LogP contribution is -2.48. The normalized spacial score (nSPS) is 18.4. The zero-order valence-corrected chi connectivity index (χ0v) is 13.8. The van der Waals surface area contributed by atoms with Crippen LogP contribution in [0, 0.1) is 0 Å². The van der Waals surface area contributed by atoms with Gasteiger partial charge in [0, 0.05) is 6.20 Å². The summed E-state index contributed by atoms with van der Waals surface area (Å²) in [5.41, 5.74) is -1.96. The van der Waals surface area contributed by atoms with E-state index in [4.69, 9.17) is 4.74 Å². The van der Waals surface area contributed by atoms with Crippen LogP contribution in [0.1, 0.15) is 25.5 Å². The van der Waals surface area contributed by atoms with Crippen LogP contribution in [0.3, 0.4) is 0 Å². The molecule has 0 unspecified atom stereocenters. The number of allylic oxidation sites excluding steroid dienone is 1. The number of pyridine rings is 1. The summed E-state index contributed by atoms with van der Waals surface area (Å²) in [6.45, 7) is 6.78. The third-order valence-electron chi connectivity index (χ3n) is 3.76. The molecule has 5 nitrogen and oxygen atoms in total. The third kappa shape index (κ3) is 4.90. The molecule has 1 aliphatic rings. The molecule has 8 heteroatoms. The van der Waals surface area contributed by atoms with Gasteiger partial charge in [-0.05, 0) is 45.0 Å². The van der Waals surface area contributed by atoms with Crippen LogP contribution >= 0.6 is 0 Å². The Balaban J connectivity index is 2.20. The first kappa shape index (κ1) is 19.1. The molecule has 1 fully saturated rings. The molecule has 2 N–H and O–H groups in total. The van der Waals surface area contributed by atoms with Crippen molar-refractivity contribution in [3.8, 4) is 5.75 Å². The highest BCUT2D eigenvalue weighted by Crippen LogP contribution is 2.29. The maximum absolute atomic E-state index is 12.6. The first-order valence-corrected chi connectivity index (χ1v) is 7.79. The summed E-state index contributed by atoms with van der Waals surface area (Å²) in [4.78, 5) is 7.56. The molecule has 1 saturated heterocycles. The van der Waals surface area contributed by atoms with E-state index in [0.29, 0.717) is 25.9 Å². The van der Waals surface area contributed by atoms with Crippen LogP contribution in [0.15, 0.2) is 47.9 Å². The Hall–Kier alpha value is -2.19. The number of rotatable bonds is 5. The summed E-state index contributed by atoms with van der Waals surface area (Å²) in [6, 6.07) is 1.98. The fourth-order valence-corrected chi connectivity index (χ4v) is 2.48. The first-order chi connectivity index (χ1) is 11.8. The van der Waals surface area contributed by atoms with E-state index in [9.17, 15) is 18.3 Å². The van der Waals surface area contributed by atoms with Gasteiger partial charge < -0.3 is 15.2 Å². The number of nitrogens with one attached hydrogen (secondary N) is 1. The smallest absolute Gasteiger partial charge is 0.433 e. The van der Waals surface area contributed by atoms with E-state index in [1.54, 1.807) is 13.0 Å². The number of halogens is 3. The molecule has 0 aliphatic carbocycles. The van der Waals surface area contributed by atoms with Gasteiger partial charge in [0.05, 0.1) is 6.20 Å². The van der Waals surface area contributed by atoms with Crippen LogP contribution in [0.25, 0.3) is 0 Å². The number of aromatic nitrogens is 1. The molecule has 2 rings (SSSR count). The zero-order valence-electron chi connectivity index (χ0n) is 13.8. The van der Waals surface area contributed by atoms with Crippen LogP contribution in [0.4, 0.5) is 13.2 Å². The van der Waals surface area contributed by atoms with E-state index in [-0.39, 0.29) is 17.2 Å². The minimum absolute atomic E-state index is 0.0732. The van der Waals surface area contributed by atoms with Crippen molar-refractivity contribution in [3.05, 3.63) is 48.6 Å². The second-order valence-corrected chi connectivity index (χ2v) is 5.64. The number of aliphatic imine (C=N–C) groups is 1. The van der Waals surface area contributed by atoms with Crippen molar-refractivity contribution >= 4 is 5.71 Å². The molecule has 136 valence electrons. The van der Waals surface area contributed by atoms with Gasteiger partial charge in [0.1, 0.15) is 28.5 Å². The molecule has 0 saturated carbocycles. The van der Waals surface area contributed by atoms with Crippen LogP contribution in [0.2, 0.25) is 0 Å². The van der Waals surface area contributed by atoms with Crippen molar-refractivity contribution in [2.24, 2.45) is 4.99 Å².